The zero-order valence-corrected chi connectivity index (χ0v) is 14.3. The van der Waals surface area contributed by atoms with E-state index < -0.39 is 15.8 Å². The van der Waals surface area contributed by atoms with E-state index in [1.165, 1.54) is 24.3 Å². The standard InChI is InChI=1S/C18H18FN3O2S/c19-14-6-7-16-17(12-14)22(21-18(16)13-8-10-20-11-9-13)25(23,24)15-4-2-1-3-5-15/h1-7,12-13,20H,8-11H2. The van der Waals surface area contributed by atoms with Crippen molar-refractivity contribution in [2.45, 2.75) is 23.7 Å². The van der Waals surface area contributed by atoms with Crippen LogP contribution in [0, 0.1) is 5.82 Å². The second-order valence-electron chi connectivity index (χ2n) is 6.23. The summed E-state index contributed by atoms with van der Waals surface area (Å²) in [4.78, 5) is 0.139. The number of hydrogen-bond acceptors (Lipinski definition) is 4. The van der Waals surface area contributed by atoms with Gasteiger partial charge in [-0.05, 0) is 50.2 Å². The number of nitrogens with zero attached hydrogens (tertiary/aromatic N) is 2. The molecule has 5 nitrogen and oxygen atoms in total. The Bertz CT molecular complexity index is 1010. The van der Waals surface area contributed by atoms with Crippen LogP contribution in [0.15, 0.2) is 53.4 Å². The molecule has 0 saturated carbocycles. The van der Waals surface area contributed by atoms with Crippen LogP contribution in [0.1, 0.15) is 24.5 Å². The summed E-state index contributed by atoms with van der Waals surface area (Å²) in [7, 11) is -3.88. The summed E-state index contributed by atoms with van der Waals surface area (Å²) in [6.45, 7) is 1.73. The van der Waals surface area contributed by atoms with Gasteiger partial charge in [-0.15, -0.1) is 0 Å². The summed E-state index contributed by atoms with van der Waals surface area (Å²) in [5.41, 5.74) is 1.02. The zero-order chi connectivity index (χ0) is 17.4. The molecular formula is C18H18FN3O2S. The lowest BCUT2D eigenvalue weighted by Gasteiger charge is -2.21. The minimum atomic E-state index is -3.88. The fourth-order valence-corrected chi connectivity index (χ4v) is 4.66. The Kier molecular flexibility index (Phi) is 4.05. The Morgan fingerprint density at radius 3 is 2.52 bits per heavy atom. The maximum atomic E-state index is 13.8. The summed E-state index contributed by atoms with van der Waals surface area (Å²) in [6, 6.07) is 12.3. The highest BCUT2D eigenvalue weighted by Gasteiger charge is 2.27. The molecule has 0 unspecified atom stereocenters. The first-order valence-corrected chi connectivity index (χ1v) is 9.71. The van der Waals surface area contributed by atoms with E-state index in [2.05, 4.69) is 10.4 Å². The zero-order valence-electron chi connectivity index (χ0n) is 13.5. The van der Waals surface area contributed by atoms with Crippen molar-refractivity contribution in [2.75, 3.05) is 13.1 Å². The molecule has 0 atom stereocenters. The quantitative estimate of drug-likeness (QED) is 0.781. The smallest absolute Gasteiger partial charge is 0.283 e. The van der Waals surface area contributed by atoms with Gasteiger partial charge in [0.1, 0.15) is 5.82 Å². The van der Waals surface area contributed by atoms with Crippen LogP contribution in [0.5, 0.6) is 0 Å². The van der Waals surface area contributed by atoms with Crippen LogP contribution in [0.2, 0.25) is 0 Å². The molecule has 7 heteroatoms. The Hall–Kier alpha value is -2.25. The average molecular weight is 359 g/mol. The first-order chi connectivity index (χ1) is 12.1. The molecule has 1 saturated heterocycles. The third kappa shape index (κ3) is 2.83. The molecule has 3 aromatic rings. The van der Waals surface area contributed by atoms with E-state index in [1.807, 2.05) is 0 Å². The fraction of sp³-hybridized carbons (Fsp3) is 0.278. The first kappa shape index (κ1) is 16.2. The van der Waals surface area contributed by atoms with Crippen LogP contribution in [0.25, 0.3) is 10.9 Å². The topological polar surface area (TPSA) is 64.0 Å². The highest BCUT2D eigenvalue weighted by molar-refractivity contribution is 7.90. The van der Waals surface area contributed by atoms with Gasteiger partial charge in [0.2, 0.25) is 0 Å². The summed E-state index contributed by atoms with van der Waals surface area (Å²) in [5.74, 6) is -0.310. The lowest BCUT2D eigenvalue weighted by atomic mass is 9.93. The molecule has 0 aliphatic carbocycles. The molecule has 0 radical (unpaired) electrons. The molecule has 0 bridgehead atoms. The third-order valence-corrected chi connectivity index (χ3v) is 6.24. The van der Waals surface area contributed by atoms with Gasteiger partial charge in [-0.3, -0.25) is 0 Å². The molecule has 1 aliphatic heterocycles. The molecule has 1 fully saturated rings. The molecule has 1 aliphatic rings. The number of rotatable bonds is 3. The number of fused-ring (bicyclic) bond motifs is 1. The van der Waals surface area contributed by atoms with Crippen molar-refractivity contribution in [3.05, 3.63) is 60.0 Å². The summed E-state index contributed by atoms with van der Waals surface area (Å²) in [5, 5.41) is 8.43. The second-order valence-corrected chi connectivity index (χ2v) is 8.00. The molecule has 4 rings (SSSR count). The molecule has 0 spiro atoms. The Labute approximate surface area is 145 Å². The van der Waals surface area contributed by atoms with Crippen molar-refractivity contribution in [3.8, 4) is 0 Å². The molecule has 2 heterocycles. The molecule has 2 aromatic carbocycles. The normalized spacial score (nSPS) is 16.4. The number of piperidine rings is 1. The van der Waals surface area contributed by atoms with Gasteiger partial charge < -0.3 is 5.32 Å². The minimum absolute atomic E-state index is 0.139. The number of hydrogen-bond donors (Lipinski definition) is 1. The van der Waals surface area contributed by atoms with E-state index in [4.69, 9.17) is 0 Å². The van der Waals surface area contributed by atoms with Crippen molar-refractivity contribution in [3.63, 3.8) is 0 Å². The number of nitrogens with one attached hydrogen (secondary N) is 1. The van der Waals surface area contributed by atoms with Crippen LogP contribution < -0.4 is 5.32 Å². The minimum Gasteiger partial charge on any atom is -0.317 e. The highest BCUT2D eigenvalue weighted by atomic mass is 32.2. The first-order valence-electron chi connectivity index (χ1n) is 8.27. The lowest BCUT2D eigenvalue weighted by molar-refractivity contribution is 0.453. The van der Waals surface area contributed by atoms with E-state index >= 15 is 0 Å². The van der Waals surface area contributed by atoms with Gasteiger partial charge >= 0.3 is 0 Å². The van der Waals surface area contributed by atoms with E-state index in [1.54, 1.807) is 24.3 Å². The maximum Gasteiger partial charge on any atom is 0.283 e. The fourth-order valence-electron chi connectivity index (χ4n) is 3.36. The van der Waals surface area contributed by atoms with E-state index in [0.717, 1.165) is 35.7 Å². The molecule has 1 aromatic heterocycles. The molecule has 0 amide bonds. The Morgan fingerprint density at radius 1 is 1.08 bits per heavy atom. The van der Waals surface area contributed by atoms with Gasteiger partial charge in [-0.2, -0.15) is 17.6 Å². The van der Waals surface area contributed by atoms with E-state index in [0.29, 0.717) is 5.39 Å². The van der Waals surface area contributed by atoms with Crippen LogP contribution in [-0.4, -0.2) is 30.7 Å². The predicted molar refractivity (Wildman–Crippen MR) is 93.6 cm³/mol. The van der Waals surface area contributed by atoms with Crippen LogP contribution in [0.3, 0.4) is 0 Å². The van der Waals surface area contributed by atoms with Gasteiger partial charge in [0, 0.05) is 17.4 Å². The summed E-state index contributed by atoms with van der Waals surface area (Å²) < 4.78 is 40.8. The van der Waals surface area contributed by atoms with Crippen molar-refractivity contribution in [1.29, 1.82) is 0 Å². The van der Waals surface area contributed by atoms with Gasteiger partial charge in [-0.25, -0.2) is 4.39 Å². The molecular weight excluding hydrogens is 341 g/mol. The van der Waals surface area contributed by atoms with Crippen LogP contribution in [0.4, 0.5) is 4.39 Å². The van der Waals surface area contributed by atoms with Gasteiger partial charge in [0.25, 0.3) is 10.0 Å². The predicted octanol–water partition coefficient (Wildman–Crippen LogP) is 2.88. The van der Waals surface area contributed by atoms with E-state index in [9.17, 15) is 12.8 Å². The van der Waals surface area contributed by atoms with Gasteiger partial charge in [0.15, 0.2) is 0 Å². The van der Waals surface area contributed by atoms with Crippen molar-refractivity contribution < 1.29 is 12.8 Å². The number of halogens is 1. The molecule has 25 heavy (non-hydrogen) atoms. The molecule has 130 valence electrons. The van der Waals surface area contributed by atoms with Crippen molar-refractivity contribution >= 4 is 20.9 Å². The lowest BCUT2D eigenvalue weighted by Crippen LogP contribution is -2.27. The SMILES string of the molecule is O=S(=O)(c1ccccc1)n1nc(C2CCNCC2)c2ccc(F)cc21. The Balaban J connectivity index is 1.93. The second kappa shape index (κ2) is 6.24. The summed E-state index contributed by atoms with van der Waals surface area (Å²) >= 11 is 0. The average Bonchev–Trinajstić information content (AvgIpc) is 3.02. The highest BCUT2D eigenvalue weighted by Crippen LogP contribution is 2.32. The van der Waals surface area contributed by atoms with Gasteiger partial charge in [0.05, 0.1) is 16.1 Å². The van der Waals surface area contributed by atoms with E-state index in [-0.39, 0.29) is 16.3 Å². The number of aromatic nitrogens is 2. The third-order valence-electron chi connectivity index (χ3n) is 4.63. The van der Waals surface area contributed by atoms with Crippen LogP contribution >= 0.6 is 0 Å². The molecule has 1 N–H and O–H groups in total. The van der Waals surface area contributed by atoms with Gasteiger partial charge in [-0.1, -0.05) is 18.2 Å². The largest absolute Gasteiger partial charge is 0.317 e. The van der Waals surface area contributed by atoms with Crippen molar-refractivity contribution in [2.24, 2.45) is 0 Å². The maximum absolute atomic E-state index is 13.8. The monoisotopic (exact) mass is 359 g/mol. The Morgan fingerprint density at radius 2 is 1.80 bits per heavy atom. The number of benzene rings is 2. The van der Waals surface area contributed by atoms with Crippen molar-refractivity contribution in [1.82, 2.24) is 14.5 Å². The van der Waals surface area contributed by atoms with Crippen LogP contribution in [-0.2, 0) is 10.0 Å². The summed E-state index contributed by atoms with van der Waals surface area (Å²) in [6.07, 6.45) is 1.77.